The number of rotatable bonds is 10. The molecule has 2 heterocycles. The maximum absolute atomic E-state index is 12.5. The molecule has 0 aliphatic heterocycles. The molecule has 0 atom stereocenters. The minimum atomic E-state index is -0.445. The Bertz CT molecular complexity index is 1140. The molecule has 0 saturated heterocycles. The van der Waals surface area contributed by atoms with Gasteiger partial charge in [0, 0.05) is 4.88 Å². The zero-order valence-electron chi connectivity index (χ0n) is 19.0. The Morgan fingerprint density at radius 3 is 2.61 bits per heavy atom. The standard InChI is InChI=1S/C22H25N3O6S2/c1-6-30-21(27)19-12(2)13(3)33-20(19)23-17(26)11-32-22-25-24-18(31-22)10-14-7-8-15(28-4)16(9-14)29-5/h7-9H,6,10-11H2,1-5H3,(H,23,26). The van der Waals surface area contributed by atoms with Crippen molar-refractivity contribution in [1.29, 1.82) is 0 Å². The van der Waals surface area contributed by atoms with Gasteiger partial charge in [-0.1, -0.05) is 17.8 Å². The fourth-order valence-corrected chi connectivity index (χ4v) is 4.63. The average molecular weight is 492 g/mol. The lowest BCUT2D eigenvalue weighted by atomic mass is 10.1. The Morgan fingerprint density at radius 1 is 1.15 bits per heavy atom. The van der Waals surface area contributed by atoms with E-state index in [1.165, 1.54) is 11.3 Å². The summed E-state index contributed by atoms with van der Waals surface area (Å²) >= 11 is 2.46. The molecule has 1 N–H and O–H groups in total. The van der Waals surface area contributed by atoms with E-state index in [-0.39, 0.29) is 23.5 Å². The molecule has 0 radical (unpaired) electrons. The number of esters is 1. The van der Waals surface area contributed by atoms with Crippen molar-refractivity contribution < 1.29 is 28.2 Å². The summed E-state index contributed by atoms with van der Waals surface area (Å²) in [5, 5.41) is 11.6. The normalized spacial score (nSPS) is 10.7. The smallest absolute Gasteiger partial charge is 0.341 e. The highest BCUT2D eigenvalue weighted by molar-refractivity contribution is 7.99. The van der Waals surface area contributed by atoms with Crippen LogP contribution >= 0.6 is 23.1 Å². The van der Waals surface area contributed by atoms with Crippen molar-refractivity contribution in [2.24, 2.45) is 0 Å². The van der Waals surface area contributed by atoms with Gasteiger partial charge in [0.15, 0.2) is 11.5 Å². The van der Waals surface area contributed by atoms with Crippen LogP contribution in [0.25, 0.3) is 0 Å². The number of ether oxygens (including phenoxy) is 3. The van der Waals surface area contributed by atoms with Gasteiger partial charge >= 0.3 is 5.97 Å². The SMILES string of the molecule is CCOC(=O)c1c(NC(=O)CSc2nnc(Cc3ccc(OC)c(OC)c3)o2)sc(C)c1C. The first-order valence-electron chi connectivity index (χ1n) is 10.1. The van der Waals surface area contributed by atoms with E-state index in [4.69, 9.17) is 18.6 Å². The zero-order chi connectivity index (χ0) is 24.0. The largest absolute Gasteiger partial charge is 0.493 e. The molecule has 0 unspecified atom stereocenters. The molecule has 0 aliphatic carbocycles. The Labute approximate surface area is 199 Å². The van der Waals surface area contributed by atoms with E-state index in [1.807, 2.05) is 32.0 Å². The molecule has 176 valence electrons. The fraction of sp³-hybridized carbons (Fsp3) is 0.364. The third-order valence-electron chi connectivity index (χ3n) is 4.70. The van der Waals surface area contributed by atoms with Crippen LogP contribution in [0.5, 0.6) is 11.5 Å². The van der Waals surface area contributed by atoms with Crippen LogP contribution in [0, 0.1) is 13.8 Å². The summed E-state index contributed by atoms with van der Waals surface area (Å²) in [6, 6.07) is 5.54. The number of hydrogen-bond donors (Lipinski definition) is 1. The van der Waals surface area contributed by atoms with E-state index < -0.39 is 5.97 Å². The first-order chi connectivity index (χ1) is 15.9. The summed E-state index contributed by atoms with van der Waals surface area (Å²) in [7, 11) is 3.15. The number of carbonyl (C=O) groups excluding carboxylic acids is 2. The molecule has 33 heavy (non-hydrogen) atoms. The van der Waals surface area contributed by atoms with Crippen molar-refractivity contribution in [2.45, 2.75) is 32.4 Å². The van der Waals surface area contributed by atoms with E-state index in [9.17, 15) is 9.59 Å². The lowest BCUT2D eigenvalue weighted by Crippen LogP contribution is -2.16. The molecule has 9 nitrogen and oxygen atoms in total. The van der Waals surface area contributed by atoms with Gasteiger partial charge in [-0.05, 0) is 44.0 Å². The molecule has 1 amide bonds. The first-order valence-corrected chi connectivity index (χ1v) is 11.9. The monoisotopic (exact) mass is 491 g/mol. The van der Waals surface area contributed by atoms with Crippen molar-refractivity contribution >= 4 is 40.0 Å². The minimum Gasteiger partial charge on any atom is -0.493 e. The van der Waals surface area contributed by atoms with E-state index >= 15 is 0 Å². The topological polar surface area (TPSA) is 113 Å². The van der Waals surface area contributed by atoms with Crippen molar-refractivity contribution in [3.63, 3.8) is 0 Å². The van der Waals surface area contributed by atoms with Gasteiger partial charge in [0.25, 0.3) is 5.22 Å². The predicted molar refractivity (Wildman–Crippen MR) is 126 cm³/mol. The van der Waals surface area contributed by atoms with Gasteiger partial charge in [0.05, 0.1) is 38.6 Å². The minimum absolute atomic E-state index is 0.0518. The van der Waals surface area contributed by atoms with Crippen molar-refractivity contribution in [1.82, 2.24) is 10.2 Å². The molecule has 0 bridgehead atoms. The second kappa shape index (κ2) is 11.2. The van der Waals surface area contributed by atoms with Gasteiger partial charge in [-0.15, -0.1) is 21.5 Å². The van der Waals surface area contributed by atoms with Gasteiger partial charge in [-0.3, -0.25) is 4.79 Å². The molecule has 3 aromatic rings. The summed E-state index contributed by atoms with van der Waals surface area (Å²) < 4.78 is 21.3. The number of nitrogens with zero attached hydrogens (tertiary/aromatic N) is 2. The maximum Gasteiger partial charge on any atom is 0.341 e. The zero-order valence-corrected chi connectivity index (χ0v) is 20.6. The molecular weight excluding hydrogens is 466 g/mol. The number of benzene rings is 1. The number of methoxy groups -OCH3 is 2. The summed E-state index contributed by atoms with van der Waals surface area (Å²) in [6.45, 7) is 5.73. The lowest BCUT2D eigenvalue weighted by Gasteiger charge is -2.08. The highest BCUT2D eigenvalue weighted by Gasteiger charge is 2.22. The molecule has 0 saturated carbocycles. The van der Waals surface area contributed by atoms with E-state index in [2.05, 4.69) is 15.5 Å². The number of anilines is 1. The van der Waals surface area contributed by atoms with Gasteiger partial charge in [-0.2, -0.15) is 0 Å². The van der Waals surface area contributed by atoms with Crippen molar-refractivity contribution in [3.05, 3.63) is 45.7 Å². The fourth-order valence-electron chi connectivity index (χ4n) is 2.99. The van der Waals surface area contributed by atoms with Crippen LogP contribution in [0.1, 0.15) is 39.2 Å². The van der Waals surface area contributed by atoms with Gasteiger partial charge in [0.2, 0.25) is 11.8 Å². The number of hydrogen-bond acceptors (Lipinski definition) is 10. The highest BCUT2D eigenvalue weighted by atomic mass is 32.2. The molecule has 2 aromatic heterocycles. The van der Waals surface area contributed by atoms with Crippen LogP contribution in [0.3, 0.4) is 0 Å². The highest BCUT2D eigenvalue weighted by Crippen LogP contribution is 2.33. The van der Waals surface area contributed by atoms with Crippen LogP contribution in [0.4, 0.5) is 5.00 Å². The van der Waals surface area contributed by atoms with Crippen LogP contribution in [0.2, 0.25) is 0 Å². The Balaban J connectivity index is 1.59. The summed E-state index contributed by atoms with van der Waals surface area (Å²) in [5.41, 5.74) is 2.12. The Kier molecular flexibility index (Phi) is 8.34. The Hall–Kier alpha value is -3.05. The van der Waals surface area contributed by atoms with Crippen LogP contribution in [-0.2, 0) is 16.0 Å². The van der Waals surface area contributed by atoms with Gasteiger partial charge in [-0.25, -0.2) is 4.79 Å². The molecule has 1 aromatic carbocycles. The number of aromatic nitrogens is 2. The average Bonchev–Trinajstić information content (AvgIpc) is 3.35. The molecule has 0 spiro atoms. The van der Waals surface area contributed by atoms with Crippen LogP contribution < -0.4 is 14.8 Å². The summed E-state index contributed by atoms with van der Waals surface area (Å²) in [5.74, 6) is 0.985. The number of aryl methyl sites for hydroxylation is 1. The van der Waals surface area contributed by atoms with Crippen molar-refractivity contribution in [3.8, 4) is 11.5 Å². The first kappa shape index (κ1) is 24.6. The lowest BCUT2D eigenvalue weighted by molar-refractivity contribution is -0.113. The van der Waals surface area contributed by atoms with Gasteiger partial charge in [0.1, 0.15) is 5.00 Å². The predicted octanol–water partition coefficient (Wildman–Crippen LogP) is 4.26. The number of nitrogens with one attached hydrogen (secondary N) is 1. The van der Waals surface area contributed by atoms with E-state index in [0.717, 1.165) is 27.8 Å². The van der Waals surface area contributed by atoms with Crippen LogP contribution in [0.15, 0.2) is 27.8 Å². The molecule has 11 heteroatoms. The second-order valence-electron chi connectivity index (χ2n) is 6.87. The third-order valence-corrected chi connectivity index (χ3v) is 6.64. The maximum atomic E-state index is 12.5. The second-order valence-corrected chi connectivity index (χ2v) is 9.02. The Morgan fingerprint density at radius 2 is 1.91 bits per heavy atom. The molecule has 0 fully saturated rings. The molecule has 0 aliphatic rings. The number of thiophene rings is 1. The third kappa shape index (κ3) is 6.05. The molecule has 3 rings (SSSR count). The summed E-state index contributed by atoms with van der Waals surface area (Å²) in [6.07, 6.45) is 0.413. The van der Waals surface area contributed by atoms with Gasteiger partial charge < -0.3 is 23.9 Å². The van der Waals surface area contributed by atoms with E-state index in [1.54, 1.807) is 21.1 Å². The summed E-state index contributed by atoms with van der Waals surface area (Å²) in [4.78, 5) is 25.7. The van der Waals surface area contributed by atoms with Crippen LogP contribution in [-0.4, -0.2) is 48.7 Å². The van der Waals surface area contributed by atoms with Crippen molar-refractivity contribution in [2.75, 3.05) is 31.9 Å². The number of amides is 1. The number of thioether (sulfide) groups is 1. The quantitative estimate of drug-likeness (QED) is 0.328. The number of carbonyl (C=O) groups is 2. The molecular formula is C22H25N3O6S2. The van der Waals surface area contributed by atoms with E-state index in [0.29, 0.717) is 34.4 Å².